The van der Waals surface area contributed by atoms with Gasteiger partial charge in [-0.05, 0) is 53.1 Å². The van der Waals surface area contributed by atoms with Crippen molar-refractivity contribution < 1.29 is 4.39 Å². The lowest BCUT2D eigenvalue weighted by Crippen LogP contribution is -1.86. The molecule has 1 aromatic carbocycles. The Kier molecular flexibility index (Phi) is 3.83. The first kappa shape index (κ1) is 8.97. The molecule has 0 radical (unpaired) electrons. The third kappa shape index (κ3) is 3.18. The van der Waals surface area contributed by atoms with Crippen LogP contribution >= 0.6 is 22.6 Å². The summed E-state index contributed by atoms with van der Waals surface area (Å²) in [6.45, 7) is -0.217. The Morgan fingerprint density at radius 1 is 1.36 bits per heavy atom. The molecule has 0 N–H and O–H groups in total. The number of halogens is 2. The number of hydrogen-bond acceptors (Lipinski definition) is 0. The molecule has 1 aromatic rings. The normalized spacial score (nSPS) is 10.0. The molecule has 0 aliphatic carbocycles. The van der Waals surface area contributed by atoms with Gasteiger partial charge in [0.25, 0.3) is 0 Å². The van der Waals surface area contributed by atoms with Crippen LogP contribution in [0.3, 0.4) is 0 Å². The van der Waals surface area contributed by atoms with Crippen LogP contribution in [0.1, 0.15) is 12.0 Å². The molecule has 0 saturated carbocycles. The number of alkyl halides is 1. The van der Waals surface area contributed by atoms with E-state index in [0.29, 0.717) is 6.42 Å². The predicted molar refractivity (Wildman–Crippen MR) is 53.5 cm³/mol. The Labute approximate surface area is 80.0 Å². The van der Waals surface area contributed by atoms with E-state index in [4.69, 9.17) is 0 Å². The van der Waals surface area contributed by atoms with Crippen LogP contribution in [-0.2, 0) is 6.42 Å². The second-order valence-corrected chi connectivity index (χ2v) is 3.67. The molecule has 0 amide bonds. The summed E-state index contributed by atoms with van der Waals surface area (Å²) in [7, 11) is 0. The summed E-state index contributed by atoms with van der Waals surface area (Å²) < 4.78 is 13.0. The Morgan fingerprint density at radius 2 is 2.18 bits per heavy atom. The maximum atomic E-state index is 11.8. The Balaban J connectivity index is 2.56. The van der Waals surface area contributed by atoms with Gasteiger partial charge in [0.2, 0.25) is 0 Å². The second kappa shape index (κ2) is 4.70. The molecule has 0 heterocycles. The molecule has 0 nitrogen and oxygen atoms in total. The van der Waals surface area contributed by atoms with Gasteiger partial charge in [-0.2, -0.15) is 0 Å². The van der Waals surface area contributed by atoms with Crippen molar-refractivity contribution in [1.29, 1.82) is 0 Å². The highest BCUT2D eigenvalue weighted by Gasteiger charge is 1.92. The molecular weight excluding hydrogens is 254 g/mol. The van der Waals surface area contributed by atoms with E-state index in [-0.39, 0.29) is 6.67 Å². The van der Waals surface area contributed by atoms with Gasteiger partial charge in [-0.15, -0.1) is 0 Å². The number of benzene rings is 1. The molecule has 11 heavy (non-hydrogen) atoms. The molecule has 0 fully saturated rings. The fraction of sp³-hybridized carbons (Fsp3) is 0.333. The molecule has 0 spiro atoms. The average molecular weight is 264 g/mol. The number of rotatable bonds is 3. The zero-order valence-corrected chi connectivity index (χ0v) is 8.34. The van der Waals surface area contributed by atoms with Crippen molar-refractivity contribution in [3.8, 4) is 0 Å². The van der Waals surface area contributed by atoms with Crippen molar-refractivity contribution in [2.24, 2.45) is 0 Å². The summed E-state index contributed by atoms with van der Waals surface area (Å²) in [6.07, 6.45) is 1.49. The van der Waals surface area contributed by atoms with Crippen LogP contribution in [0.25, 0.3) is 0 Å². The molecule has 0 aromatic heterocycles. The molecule has 0 saturated heterocycles. The highest BCUT2D eigenvalue weighted by atomic mass is 127. The standard InChI is InChI=1S/C9H10FI/c10-6-2-4-8-3-1-5-9(11)7-8/h1,3,5,7H,2,4,6H2. The monoisotopic (exact) mass is 264 g/mol. The highest BCUT2D eigenvalue weighted by molar-refractivity contribution is 14.1. The van der Waals surface area contributed by atoms with Crippen LogP contribution < -0.4 is 0 Å². The summed E-state index contributed by atoms with van der Waals surface area (Å²) in [5, 5.41) is 0. The van der Waals surface area contributed by atoms with Crippen LogP contribution in [0, 0.1) is 3.57 Å². The molecule has 60 valence electrons. The van der Waals surface area contributed by atoms with Gasteiger partial charge in [-0.1, -0.05) is 12.1 Å². The maximum Gasteiger partial charge on any atom is 0.0897 e. The first-order valence-electron chi connectivity index (χ1n) is 3.63. The molecular formula is C9H10FI. The van der Waals surface area contributed by atoms with Gasteiger partial charge in [0.05, 0.1) is 6.67 Å². The summed E-state index contributed by atoms with van der Waals surface area (Å²) in [6, 6.07) is 8.18. The molecule has 0 bridgehead atoms. The SMILES string of the molecule is FCCCc1cccc(I)c1. The van der Waals surface area contributed by atoms with Crippen LogP contribution in [0.4, 0.5) is 4.39 Å². The van der Waals surface area contributed by atoms with E-state index >= 15 is 0 Å². The van der Waals surface area contributed by atoms with Crippen LogP contribution in [0.5, 0.6) is 0 Å². The zero-order chi connectivity index (χ0) is 8.10. The summed E-state index contributed by atoms with van der Waals surface area (Å²) in [5.74, 6) is 0. The number of hydrogen-bond donors (Lipinski definition) is 0. The van der Waals surface area contributed by atoms with E-state index in [1.54, 1.807) is 0 Å². The quantitative estimate of drug-likeness (QED) is 0.735. The minimum absolute atomic E-state index is 0.217. The van der Waals surface area contributed by atoms with Gasteiger partial charge in [0, 0.05) is 3.57 Å². The van der Waals surface area contributed by atoms with Gasteiger partial charge in [0.15, 0.2) is 0 Å². The van der Waals surface area contributed by atoms with Crippen molar-refractivity contribution >= 4 is 22.6 Å². The van der Waals surface area contributed by atoms with E-state index in [2.05, 4.69) is 28.7 Å². The van der Waals surface area contributed by atoms with Crippen molar-refractivity contribution in [2.75, 3.05) is 6.67 Å². The first-order valence-corrected chi connectivity index (χ1v) is 4.71. The fourth-order valence-electron chi connectivity index (χ4n) is 0.963. The van der Waals surface area contributed by atoms with Crippen molar-refractivity contribution in [3.63, 3.8) is 0 Å². The summed E-state index contributed by atoms with van der Waals surface area (Å²) >= 11 is 2.26. The smallest absolute Gasteiger partial charge is 0.0897 e. The summed E-state index contributed by atoms with van der Waals surface area (Å²) in [5.41, 5.74) is 1.23. The zero-order valence-electron chi connectivity index (χ0n) is 6.19. The van der Waals surface area contributed by atoms with E-state index in [1.165, 1.54) is 9.13 Å². The van der Waals surface area contributed by atoms with Crippen LogP contribution in [0.2, 0.25) is 0 Å². The molecule has 0 aliphatic heterocycles. The maximum absolute atomic E-state index is 11.8. The minimum Gasteiger partial charge on any atom is -0.251 e. The molecule has 0 aliphatic rings. The van der Waals surface area contributed by atoms with E-state index in [1.807, 2.05) is 18.2 Å². The lowest BCUT2D eigenvalue weighted by molar-refractivity contribution is 0.473. The molecule has 0 unspecified atom stereocenters. The topological polar surface area (TPSA) is 0 Å². The minimum atomic E-state index is -0.217. The fourth-order valence-corrected chi connectivity index (χ4v) is 1.57. The lowest BCUT2D eigenvalue weighted by atomic mass is 10.1. The predicted octanol–water partition coefficient (Wildman–Crippen LogP) is 3.19. The van der Waals surface area contributed by atoms with Crippen LogP contribution in [-0.4, -0.2) is 6.67 Å². The Hall–Kier alpha value is -0.120. The van der Waals surface area contributed by atoms with Crippen LogP contribution in [0.15, 0.2) is 24.3 Å². The van der Waals surface area contributed by atoms with Gasteiger partial charge in [-0.25, -0.2) is 0 Å². The third-order valence-corrected chi connectivity index (χ3v) is 2.16. The second-order valence-electron chi connectivity index (χ2n) is 2.42. The Morgan fingerprint density at radius 3 is 2.82 bits per heavy atom. The van der Waals surface area contributed by atoms with E-state index in [0.717, 1.165) is 6.42 Å². The molecule has 1 rings (SSSR count). The van der Waals surface area contributed by atoms with Gasteiger partial charge in [0.1, 0.15) is 0 Å². The van der Waals surface area contributed by atoms with E-state index in [9.17, 15) is 4.39 Å². The third-order valence-electron chi connectivity index (χ3n) is 1.49. The first-order chi connectivity index (χ1) is 5.33. The largest absolute Gasteiger partial charge is 0.251 e. The lowest BCUT2D eigenvalue weighted by Gasteiger charge is -1.98. The summed E-state index contributed by atoms with van der Waals surface area (Å²) in [4.78, 5) is 0. The molecule has 2 heteroatoms. The van der Waals surface area contributed by atoms with Gasteiger partial charge < -0.3 is 0 Å². The van der Waals surface area contributed by atoms with Gasteiger partial charge in [-0.3, -0.25) is 4.39 Å². The van der Waals surface area contributed by atoms with E-state index < -0.39 is 0 Å². The number of aryl methyl sites for hydroxylation is 1. The average Bonchev–Trinajstić information content (AvgIpc) is 2.01. The Bertz CT molecular complexity index is 223. The highest BCUT2D eigenvalue weighted by Crippen LogP contribution is 2.09. The van der Waals surface area contributed by atoms with Gasteiger partial charge >= 0.3 is 0 Å². The van der Waals surface area contributed by atoms with Crippen molar-refractivity contribution in [3.05, 3.63) is 33.4 Å². The van der Waals surface area contributed by atoms with Crippen molar-refractivity contribution in [2.45, 2.75) is 12.8 Å². The molecule has 0 atom stereocenters. The van der Waals surface area contributed by atoms with Crippen molar-refractivity contribution in [1.82, 2.24) is 0 Å².